The topological polar surface area (TPSA) is 17.1 Å². The number of carbonyl (C=O) groups is 1. The van der Waals surface area contributed by atoms with Crippen molar-refractivity contribution in [3.8, 4) is 0 Å². The molecule has 0 aromatic heterocycles. The molecule has 0 aliphatic carbocycles. The molecule has 0 unspecified atom stereocenters. The van der Waals surface area contributed by atoms with E-state index in [0.29, 0.717) is 16.5 Å². The molecular weight excluding hydrogens is 219 g/mol. The Balaban J connectivity index is 3.01. The van der Waals surface area contributed by atoms with Gasteiger partial charge in [0.15, 0.2) is 5.78 Å². The Labute approximate surface area is 93.3 Å². The molecule has 0 aliphatic rings. The van der Waals surface area contributed by atoms with Crippen LogP contribution in [0.4, 0.5) is 0 Å². The molecule has 0 bridgehead atoms. The summed E-state index contributed by atoms with van der Waals surface area (Å²) >= 11 is 11.5. The second kappa shape index (κ2) is 5.18. The van der Waals surface area contributed by atoms with Crippen molar-refractivity contribution in [2.45, 2.75) is 6.92 Å². The van der Waals surface area contributed by atoms with E-state index in [1.807, 2.05) is 12.1 Å². The van der Waals surface area contributed by atoms with Crippen LogP contribution < -0.4 is 0 Å². The van der Waals surface area contributed by atoms with E-state index in [1.54, 1.807) is 18.2 Å². The highest BCUT2D eigenvalue weighted by atomic mass is 35.5. The number of halogens is 2. The minimum Gasteiger partial charge on any atom is -0.295 e. The molecule has 14 heavy (non-hydrogen) atoms. The average molecular weight is 229 g/mol. The van der Waals surface area contributed by atoms with Gasteiger partial charge in [0.25, 0.3) is 0 Å². The summed E-state index contributed by atoms with van der Waals surface area (Å²) in [4.78, 5) is 11.0. The van der Waals surface area contributed by atoms with Gasteiger partial charge in [-0.3, -0.25) is 4.79 Å². The van der Waals surface area contributed by atoms with E-state index in [9.17, 15) is 4.79 Å². The predicted octanol–water partition coefficient (Wildman–Crippen LogP) is 3.79. The number of carbonyl (C=O) groups excluding carboxylic acids is 1. The number of alkyl halides is 1. The number of Topliss-reactive ketones (excluding diaryl/α,β-unsaturated/α-hetero) is 1. The van der Waals surface area contributed by atoms with Crippen molar-refractivity contribution in [3.05, 3.63) is 40.4 Å². The molecule has 1 rings (SSSR count). The summed E-state index contributed by atoms with van der Waals surface area (Å²) in [6.07, 6.45) is 3.63. The van der Waals surface area contributed by atoms with Crippen molar-refractivity contribution in [3.63, 3.8) is 0 Å². The third kappa shape index (κ3) is 2.86. The standard InChI is InChI=1S/C11H10Cl2O/c1-8(14)10-5-4-9(3-2-6-12)11(13)7-10/h2-5,7H,6H2,1H3. The summed E-state index contributed by atoms with van der Waals surface area (Å²) in [5.74, 6) is 0.463. The molecule has 0 radical (unpaired) electrons. The summed E-state index contributed by atoms with van der Waals surface area (Å²) in [6, 6.07) is 5.22. The van der Waals surface area contributed by atoms with E-state index < -0.39 is 0 Å². The molecule has 0 spiro atoms. The lowest BCUT2D eigenvalue weighted by atomic mass is 10.1. The van der Waals surface area contributed by atoms with Gasteiger partial charge in [0, 0.05) is 16.5 Å². The van der Waals surface area contributed by atoms with E-state index in [1.165, 1.54) is 6.92 Å². The van der Waals surface area contributed by atoms with Crippen LogP contribution in [0.25, 0.3) is 6.08 Å². The predicted molar refractivity (Wildman–Crippen MR) is 61.2 cm³/mol. The van der Waals surface area contributed by atoms with Gasteiger partial charge in [-0.25, -0.2) is 0 Å². The van der Waals surface area contributed by atoms with Crippen molar-refractivity contribution in [2.24, 2.45) is 0 Å². The van der Waals surface area contributed by atoms with E-state index >= 15 is 0 Å². The Kier molecular flexibility index (Phi) is 4.18. The molecule has 1 aromatic carbocycles. The van der Waals surface area contributed by atoms with Gasteiger partial charge in [-0.1, -0.05) is 35.9 Å². The first-order valence-electron chi connectivity index (χ1n) is 4.18. The van der Waals surface area contributed by atoms with Crippen molar-refractivity contribution < 1.29 is 4.79 Å². The molecule has 0 atom stereocenters. The average Bonchev–Trinajstić information content (AvgIpc) is 2.15. The number of ketones is 1. The van der Waals surface area contributed by atoms with Gasteiger partial charge in [0.2, 0.25) is 0 Å². The van der Waals surface area contributed by atoms with Crippen LogP contribution in [-0.2, 0) is 0 Å². The molecule has 0 saturated heterocycles. The minimum atomic E-state index is 0.0137. The summed E-state index contributed by atoms with van der Waals surface area (Å²) < 4.78 is 0. The maximum atomic E-state index is 11.0. The molecule has 0 fully saturated rings. The lowest BCUT2D eigenvalue weighted by Crippen LogP contribution is -1.91. The smallest absolute Gasteiger partial charge is 0.159 e. The number of allylic oxidation sites excluding steroid dienone is 1. The normalized spacial score (nSPS) is 10.8. The van der Waals surface area contributed by atoms with Crippen LogP contribution in [0.5, 0.6) is 0 Å². The fraction of sp³-hybridized carbons (Fsp3) is 0.182. The molecule has 1 nitrogen and oxygen atoms in total. The lowest BCUT2D eigenvalue weighted by molar-refractivity contribution is 0.101. The van der Waals surface area contributed by atoms with Crippen LogP contribution in [-0.4, -0.2) is 11.7 Å². The first kappa shape index (κ1) is 11.3. The van der Waals surface area contributed by atoms with Crippen LogP contribution in [0.3, 0.4) is 0 Å². The van der Waals surface area contributed by atoms with Crippen molar-refractivity contribution in [1.29, 1.82) is 0 Å². The third-order valence-electron chi connectivity index (χ3n) is 1.79. The van der Waals surface area contributed by atoms with Gasteiger partial charge in [-0.2, -0.15) is 0 Å². The summed E-state index contributed by atoms with van der Waals surface area (Å²) in [7, 11) is 0. The minimum absolute atomic E-state index is 0.0137. The first-order chi connectivity index (χ1) is 6.65. The third-order valence-corrected chi connectivity index (χ3v) is 2.30. The molecule has 3 heteroatoms. The highest BCUT2D eigenvalue weighted by Gasteiger charge is 2.02. The number of hydrogen-bond acceptors (Lipinski definition) is 1. The van der Waals surface area contributed by atoms with Gasteiger partial charge in [-0.05, 0) is 18.6 Å². The lowest BCUT2D eigenvalue weighted by Gasteiger charge is -2.00. The monoisotopic (exact) mass is 228 g/mol. The zero-order valence-corrected chi connectivity index (χ0v) is 9.27. The Morgan fingerprint density at radius 1 is 1.50 bits per heavy atom. The van der Waals surface area contributed by atoms with Gasteiger partial charge in [0.1, 0.15) is 0 Å². The Morgan fingerprint density at radius 2 is 2.21 bits per heavy atom. The van der Waals surface area contributed by atoms with Crippen LogP contribution >= 0.6 is 23.2 Å². The second-order valence-corrected chi connectivity index (χ2v) is 3.56. The fourth-order valence-corrected chi connectivity index (χ4v) is 1.39. The van der Waals surface area contributed by atoms with Gasteiger partial charge in [0.05, 0.1) is 0 Å². The first-order valence-corrected chi connectivity index (χ1v) is 5.09. The van der Waals surface area contributed by atoms with Crippen LogP contribution in [0, 0.1) is 0 Å². The Morgan fingerprint density at radius 3 is 2.71 bits per heavy atom. The molecule has 0 N–H and O–H groups in total. The van der Waals surface area contributed by atoms with Crippen molar-refractivity contribution in [2.75, 3.05) is 5.88 Å². The van der Waals surface area contributed by atoms with Crippen molar-refractivity contribution >= 4 is 35.1 Å². The summed E-state index contributed by atoms with van der Waals surface area (Å²) in [5.41, 5.74) is 1.50. The van der Waals surface area contributed by atoms with E-state index in [-0.39, 0.29) is 5.78 Å². The molecule has 0 amide bonds. The zero-order chi connectivity index (χ0) is 10.6. The number of rotatable bonds is 3. The van der Waals surface area contributed by atoms with E-state index in [4.69, 9.17) is 23.2 Å². The Bertz CT molecular complexity index is 370. The second-order valence-electron chi connectivity index (χ2n) is 2.85. The molecule has 0 heterocycles. The molecule has 74 valence electrons. The summed E-state index contributed by atoms with van der Waals surface area (Å²) in [5, 5.41) is 0.569. The number of hydrogen-bond donors (Lipinski definition) is 0. The van der Waals surface area contributed by atoms with Crippen LogP contribution in [0.2, 0.25) is 5.02 Å². The largest absolute Gasteiger partial charge is 0.295 e. The van der Waals surface area contributed by atoms with Gasteiger partial charge in [-0.15, -0.1) is 11.6 Å². The zero-order valence-electron chi connectivity index (χ0n) is 7.76. The SMILES string of the molecule is CC(=O)c1ccc(C=CCCl)c(Cl)c1. The van der Waals surface area contributed by atoms with Crippen LogP contribution in [0.15, 0.2) is 24.3 Å². The fourth-order valence-electron chi connectivity index (χ4n) is 1.05. The maximum Gasteiger partial charge on any atom is 0.159 e. The highest BCUT2D eigenvalue weighted by molar-refractivity contribution is 6.32. The molecule has 0 saturated carbocycles. The number of benzene rings is 1. The van der Waals surface area contributed by atoms with Crippen LogP contribution in [0.1, 0.15) is 22.8 Å². The maximum absolute atomic E-state index is 11.0. The molecule has 0 aliphatic heterocycles. The van der Waals surface area contributed by atoms with E-state index in [2.05, 4.69) is 0 Å². The van der Waals surface area contributed by atoms with Gasteiger partial charge < -0.3 is 0 Å². The highest BCUT2D eigenvalue weighted by Crippen LogP contribution is 2.19. The van der Waals surface area contributed by atoms with Gasteiger partial charge >= 0.3 is 0 Å². The molecule has 1 aromatic rings. The molecular formula is C11H10Cl2O. The Hall–Kier alpha value is -0.790. The van der Waals surface area contributed by atoms with Crippen molar-refractivity contribution in [1.82, 2.24) is 0 Å². The van der Waals surface area contributed by atoms with E-state index in [0.717, 1.165) is 5.56 Å². The summed E-state index contributed by atoms with van der Waals surface area (Å²) in [6.45, 7) is 1.51. The quantitative estimate of drug-likeness (QED) is 0.569.